The Labute approximate surface area is 167 Å². The van der Waals surface area contributed by atoms with Gasteiger partial charge in [0.1, 0.15) is 11.4 Å². The van der Waals surface area contributed by atoms with Gasteiger partial charge in [0.15, 0.2) is 6.10 Å². The van der Waals surface area contributed by atoms with Crippen LogP contribution < -0.4 is 10.1 Å². The summed E-state index contributed by atoms with van der Waals surface area (Å²) in [6.45, 7) is 1.57. The number of carbonyl (C=O) groups is 1. The van der Waals surface area contributed by atoms with E-state index in [2.05, 4.69) is 11.4 Å². The highest BCUT2D eigenvalue weighted by Gasteiger charge is 2.19. The van der Waals surface area contributed by atoms with E-state index >= 15 is 0 Å². The van der Waals surface area contributed by atoms with Gasteiger partial charge in [-0.2, -0.15) is 5.26 Å². The molecule has 0 aliphatic heterocycles. The predicted molar refractivity (Wildman–Crippen MR) is 108 cm³/mol. The van der Waals surface area contributed by atoms with Gasteiger partial charge in [0.05, 0.1) is 16.6 Å². The highest BCUT2D eigenvalue weighted by Crippen LogP contribution is 2.25. The zero-order valence-corrected chi connectivity index (χ0v) is 15.5. The van der Waals surface area contributed by atoms with Crippen molar-refractivity contribution in [3.63, 3.8) is 0 Å². The smallest absolute Gasteiger partial charge is 0.292 e. The number of nitro groups is 1. The summed E-state index contributed by atoms with van der Waals surface area (Å²) in [4.78, 5) is 22.9. The van der Waals surface area contributed by atoms with Crippen LogP contribution in [0.25, 0.3) is 11.1 Å². The van der Waals surface area contributed by atoms with E-state index in [9.17, 15) is 14.9 Å². The molecule has 1 N–H and O–H groups in total. The molecule has 144 valence electrons. The van der Waals surface area contributed by atoms with E-state index in [4.69, 9.17) is 10.00 Å². The quantitative estimate of drug-likeness (QED) is 0.494. The maximum Gasteiger partial charge on any atom is 0.292 e. The van der Waals surface area contributed by atoms with Crippen LogP contribution in [-0.2, 0) is 4.79 Å². The van der Waals surface area contributed by atoms with Crippen LogP contribution in [0.3, 0.4) is 0 Å². The summed E-state index contributed by atoms with van der Waals surface area (Å²) in [5.41, 5.74) is 2.43. The number of hydrogen-bond donors (Lipinski definition) is 1. The molecule has 0 aromatic heterocycles. The summed E-state index contributed by atoms with van der Waals surface area (Å²) in [6.07, 6.45) is -0.851. The van der Waals surface area contributed by atoms with Crippen LogP contribution >= 0.6 is 0 Å². The number of rotatable bonds is 6. The van der Waals surface area contributed by atoms with Crippen molar-refractivity contribution >= 4 is 17.3 Å². The third-order valence-electron chi connectivity index (χ3n) is 4.24. The van der Waals surface area contributed by atoms with Crippen LogP contribution in [0.5, 0.6) is 5.75 Å². The van der Waals surface area contributed by atoms with E-state index in [1.54, 1.807) is 37.3 Å². The first-order chi connectivity index (χ1) is 14.0. The number of nitrogens with zero attached hydrogens (tertiary/aromatic N) is 2. The lowest BCUT2D eigenvalue weighted by molar-refractivity contribution is -0.383. The average Bonchev–Trinajstić information content (AvgIpc) is 2.74. The molecule has 3 aromatic carbocycles. The van der Waals surface area contributed by atoms with Crippen molar-refractivity contribution in [3.8, 4) is 22.9 Å². The Kier molecular flexibility index (Phi) is 5.85. The van der Waals surface area contributed by atoms with Crippen molar-refractivity contribution in [2.24, 2.45) is 0 Å². The molecule has 0 aliphatic rings. The number of hydrogen-bond acceptors (Lipinski definition) is 5. The fourth-order valence-corrected chi connectivity index (χ4v) is 2.69. The molecule has 1 amide bonds. The molecule has 0 unspecified atom stereocenters. The van der Waals surface area contributed by atoms with Gasteiger partial charge in [-0.25, -0.2) is 0 Å². The Bertz CT molecular complexity index is 1070. The predicted octanol–water partition coefficient (Wildman–Crippen LogP) is 4.54. The zero-order valence-electron chi connectivity index (χ0n) is 15.5. The van der Waals surface area contributed by atoms with Gasteiger partial charge in [0.2, 0.25) is 0 Å². The van der Waals surface area contributed by atoms with Crippen molar-refractivity contribution in [1.29, 1.82) is 5.26 Å². The number of ether oxygens (including phenoxy) is 1. The fraction of sp³-hybridized carbons (Fsp3) is 0.0909. The largest absolute Gasteiger partial charge is 0.481 e. The zero-order chi connectivity index (χ0) is 20.8. The average molecular weight is 387 g/mol. The molecule has 3 aromatic rings. The van der Waals surface area contributed by atoms with Crippen LogP contribution in [0.4, 0.5) is 11.4 Å². The van der Waals surface area contributed by atoms with Crippen LogP contribution in [0.2, 0.25) is 0 Å². The summed E-state index contributed by atoms with van der Waals surface area (Å²) in [5.74, 6) is 0.00285. The number of nitriles is 1. The number of nitro benzene ring substituents is 1. The third-order valence-corrected chi connectivity index (χ3v) is 4.24. The highest BCUT2D eigenvalue weighted by molar-refractivity contribution is 5.96. The van der Waals surface area contributed by atoms with Crippen LogP contribution in [0.15, 0.2) is 72.8 Å². The van der Waals surface area contributed by atoms with Gasteiger partial charge >= 0.3 is 0 Å². The normalized spacial score (nSPS) is 11.2. The van der Waals surface area contributed by atoms with Crippen molar-refractivity contribution in [2.75, 3.05) is 5.32 Å². The Morgan fingerprint density at radius 3 is 2.21 bits per heavy atom. The van der Waals surface area contributed by atoms with E-state index in [1.807, 2.05) is 24.3 Å². The first kappa shape index (κ1) is 19.6. The minimum Gasteiger partial charge on any atom is -0.481 e. The number of para-hydroxylation sites is 2. The molecule has 0 heterocycles. The van der Waals surface area contributed by atoms with E-state index < -0.39 is 16.9 Å². The molecule has 0 aliphatic carbocycles. The minimum absolute atomic E-state index is 0.120. The fourth-order valence-electron chi connectivity index (χ4n) is 2.69. The van der Waals surface area contributed by atoms with E-state index in [-0.39, 0.29) is 11.4 Å². The lowest BCUT2D eigenvalue weighted by atomic mass is 10.0. The molecule has 0 bridgehead atoms. The summed E-state index contributed by atoms with van der Waals surface area (Å²) < 4.78 is 5.65. The van der Waals surface area contributed by atoms with Gasteiger partial charge in [-0.1, -0.05) is 36.4 Å². The van der Waals surface area contributed by atoms with E-state index in [0.717, 1.165) is 11.1 Å². The molecule has 29 heavy (non-hydrogen) atoms. The standard InChI is InChI=1S/C22H17N3O4/c1-15(22(26)24-20-4-2-3-5-21(20)25(27)28)29-19-12-10-18(11-13-19)17-8-6-16(14-23)7-9-17/h2-13,15H,1H3,(H,24,26)/t15-/m0/s1. The monoisotopic (exact) mass is 387 g/mol. The number of benzene rings is 3. The van der Waals surface area contributed by atoms with Gasteiger partial charge in [0, 0.05) is 6.07 Å². The lowest BCUT2D eigenvalue weighted by Gasteiger charge is -2.15. The van der Waals surface area contributed by atoms with Crippen molar-refractivity contribution in [2.45, 2.75) is 13.0 Å². The molecule has 0 spiro atoms. The van der Waals surface area contributed by atoms with Gasteiger partial charge in [-0.3, -0.25) is 14.9 Å². The van der Waals surface area contributed by atoms with Crippen LogP contribution in [0.1, 0.15) is 12.5 Å². The first-order valence-corrected chi connectivity index (χ1v) is 8.79. The number of anilines is 1. The maximum atomic E-state index is 12.4. The summed E-state index contributed by atoms with van der Waals surface area (Å²) in [7, 11) is 0. The highest BCUT2D eigenvalue weighted by atomic mass is 16.6. The van der Waals surface area contributed by atoms with Crippen molar-refractivity contribution in [1.82, 2.24) is 0 Å². The second-order valence-corrected chi connectivity index (χ2v) is 6.24. The second kappa shape index (κ2) is 8.67. The topological polar surface area (TPSA) is 105 Å². The van der Waals surface area contributed by atoms with Crippen molar-refractivity contribution in [3.05, 3.63) is 88.5 Å². The van der Waals surface area contributed by atoms with Gasteiger partial charge in [-0.15, -0.1) is 0 Å². The molecule has 0 saturated heterocycles. The number of amides is 1. The molecular formula is C22H17N3O4. The lowest BCUT2D eigenvalue weighted by Crippen LogP contribution is -2.30. The van der Waals surface area contributed by atoms with Crippen LogP contribution in [0, 0.1) is 21.4 Å². The first-order valence-electron chi connectivity index (χ1n) is 8.79. The Morgan fingerprint density at radius 1 is 1.03 bits per heavy atom. The Hall–Kier alpha value is -4.18. The SMILES string of the molecule is C[C@H](Oc1ccc(-c2ccc(C#N)cc2)cc1)C(=O)Nc1ccccc1[N+](=O)[O-]. The third kappa shape index (κ3) is 4.76. The van der Waals surface area contributed by atoms with Gasteiger partial charge < -0.3 is 10.1 Å². The summed E-state index contributed by atoms with van der Waals surface area (Å²) >= 11 is 0. The van der Waals surface area contributed by atoms with E-state index in [0.29, 0.717) is 11.3 Å². The van der Waals surface area contributed by atoms with Crippen molar-refractivity contribution < 1.29 is 14.5 Å². The Morgan fingerprint density at radius 2 is 1.62 bits per heavy atom. The molecule has 0 saturated carbocycles. The molecule has 7 heteroatoms. The van der Waals surface area contributed by atoms with E-state index in [1.165, 1.54) is 18.2 Å². The summed E-state index contributed by atoms with van der Waals surface area (Å²) in [6, 6.07) is 22.4. The summed E-state index contributed by atoms with van der Waals surface area (Å²) in [5, 5.41) is 22.5. The Balaban J connectivity index is 1.66. The molecule has 7 nitrogen and oxygen atoms in total. The maximum absolute atomic E-state index is 12.4. The minimum atomic E-state index is -0.851. The molecule has 0 fully saturated rings. The molecule has 1 atom stereocenters. The van der Waals surface area contributed by atoms with Crippen LogP contribution in [-0.4, -0.2) is 16.9 Å². The molecule has 3 rings (SSSR count). The molecule has 0 radical (unpaired) electrons. The van der Waals surface area contributed by atoms with Gasteiger partial charge in [-0.05, 0) is 48.4 Å². The number of carbonyl (C=O) groups excluding carboxylic acids is 1. The second-order valence-electron chi connectivity index (χ2n) is 6.24. The number of nitrogens with one attached hydrogen (secondary N) is 1. The molecular weight excluding hydrogens is 370 g/mol. The van der Waals surface area contributed by atoms with Gasteiger partial charge in [0.25, 0.3) is 11.6 Å².